The number of nitrogens with zero attached hydrogens (tertiary/aromatic N) is 1. The van der Waals surface area contributed by atoms with E-state index in [1.165, 1.54) is 48.5 Å². The van der Waals surface area contributed by atoms with Gasteiger partial charge < -0.3 is 10.1 Å². The van der Waals surface area contributed by atoms with Crippen LogP contribution in [-0.2, 0) is 6.61 Å². The molecule has 6 nitrogen and oxygen atoms in total. The van der Waals surface area contributed by atoms with Crippen LogP contribution >= 0.6 is 0 Å². The Kier molecular flexibility index (Phi) is 5.82. The maximum Gasteiger partial charge on any atom is 0.269 e. The molecule has 0 saturated heterocycles. The van der Waals surface area contributed by atoms with E-state index in [-0.39, 0.29) is 29.3 Å². The zero-order valence-corrected chi connectivity index (χ0v) is 15.3. The summed E-state index contributed by atoms with van der Waals surface area (Å²) in [5, 5.41) is 13.3. The van der Waals surface area contributed by atoms with E-state index >= 15 is 0 Å². The van der Waals surface area contributed by atoms with Gasteiger partial charge in [0.25, 0.3) is 11.6 Å². The number of anilines is 1. The standard InChI is InChI=1S/C21H16F2N2O4/c1-13-9-17(25(27)28)6-7-18(13)21(26)24-16-5-8-20(19(23)11-16)29-12-14-3-2-4-15(22)10-14/h2-11H,12H2,1H3,(H,24,26). The van der Waals surface area contributed by atoms with Crippen molar-refractivity contribution in [1.82, 2.24) is 0 Å². The van der Waals surface area contributed by atoms with Crippen molar-refractivity contribution >= 4 is 17.3 Å². The minimum atomic E-state index is -0.695. The monoisotopic (exact) mass is 398 g/mol. The van der Waals surface area contributed by atoms with E-state index in [1.54, 1.807) is 13.0 Å². The molecule has 0 radical (unpaired) electrons. The molecular formula is C21H16F2N2O4. The van der Waals surface area contributed by atoms with Gasteiger partial charge in [-0.3, -0.25) is 14.9 Å². The Morgan fingerprint density at radius 2 is 1.90 bits per heavy atom. The van der Waals surface area contributed by atoms with Gasteiger partial charge in [-0.15, -0.1) is 0 Å². The summed E-state index contributed by atoms with van der Waals surface area (Å²) in [7, 11) is 0. The fourth-order valence-corrected chi connectivity index (χ4v) is 2.70. The van der Waals surface area contributed by atoms with E-state index in [0.717, 1.165) is 6.07 Å². The van der Waals surface area contributed by atoms with E-state index in [9.17, 15) is 23.7 Å². The average molecular weight is 398 g/mol. The summed E-state index contributed by atoms with van der Waals surface area (Å²) in [4.78, 5) is 22.6. The first-order valence-corrected chi connectivity index (χ1v) is 8.56. The van der Waals surface area contributed by atoms with Crippen LogP contribution in [0.2, 0.25) is 0 Å². The van der Waals surface area contributed by atoms with Gasteiger partial charge in [-0.2, -0.15) is 0 Å². The Morgan fingerprint density at radius 3 is 2.55 bits per heavy atom. The molecule has 0 aromatic heterocycles. The number of carbonyl (C=O) groups excluding carboxylic acids is 1. The number of nitrogens with one attached hydrogen (secondary N) is 1. The maximum atomic E-state index is 14.3. The van der Waals surface area contributed by atoms with E-state index in [2.05, 4.69) is 5.32 Å². The predicted molar refractivity (Wildman–Crippen MR) is 103 cm³/mol. The summed E-state index contributed by atoms with van der Waals surface area (Å²) in [6, 6.07) is 13.5. The van der Waals surface area contributed by atoms with Crippen molar-refractivity contribution in [2.75, 3.05) is 5.32 Å². The fourth-order valence-electron chi connectivity index (χ4n) is 2.70. The third kappa shape index (κ3) is 4.92. The third-order valence-corrected chi connectivity index (χ3v) is 4.14. The van der Waals surface area contributed by atoms with Gasteiger partial charge in [0.2, 0.25) is 0 Å². The Balaban J connectivity index is 1.68. The molecule has 0 spiro atoms. The van der Waals surface area contributed by atoms with Crippen LogP contribution in [0.15, 0.2) is 60.7 Å². The third-order valence-electron chi connectivity index (χ3n) is 4.14. The zero-order valence-electron chi connectivity index (χ0n) is 15.3. The number of ether oxygens (including phenoxy) is 1. The highest BCUT2D eigenvalue weighted by molar-refractivity contribution is 6.05. The van der Waals surface area contributed by atoms with Crippen LogP contribution in [0.3, 0.4) is 0 Å². The lowest BCUT2D eigenvalue weighted by atomic mass is 10.1. The highest BCUT2D eigenvalue weighted by atomic mass is 19.1. The number of amides is 1. The quantitative estimate of drug-likeness (QED) is 0.467. The minimum absolute atomic E-state index is 0.0115. The van der Waals surface area contributed by atoms with E-state index < -0.39 is 22.5 Å². The molecule has 0 fully saturated rings. The molecule has 148 valence electrons. The second kappa shape index (κ2) is 8.47. The summed E-state index contributed by atoms with van der Waals surface area (Å²) in [6.07, 6.45) is 0. The highest BCUT2D eigenvalue weighted by Gasteiger charge is 2.15. The minimum Gasteiger partial charge on any atom is -0.486 e. The summed E-state index contributed by atoms with van der Waals surface area (Å²) >= 11 is 0. The van der Waals surface area contributed by atoms with Crippen LogP contribution < -0.4 is 10.1 Å². The van der Waals surface area contributed by atoms with Gasteiger partial charge in [0.15, 0.2) is 11.6 Å². The van der Waals surface area contributed by atoms with Crippen molar-refractivity contribution < 1.29 is 23.2 Å². The number of hydrogen-bond acceptors (Lipinski definition) is 4. The molecule has 8 heteroatoms. The summed E-state index contributed by atoms with van der Waals surface area (Å²) in [5.74, 6) is -1.67. The predicted octanol–water partition coefficient (Wildman–Crippen LogP) is 5.01. The Labute approximate surface area is 164 Å². The van der Waals surface area contributed by atoms with Gasteiger partial charge in [0, 0.05) is 29.4 Å². The average Bonchev–Trinajstić information content (AvgIpc) is 2.67. The van der Waals surface area contributed by atoms with E-state index in [0.29, 0.717) is 11.1 Å². The van der Waals surface area contributed by atoms with Gasteiger partial charge >= 0.3 is 0 Å². The molecule has 0 aliphatic heterocycles. The maximum absolute atomic E-state index is 14.3. The van der Waals surface area contributed by atoms with Gasteiger partial charge in [-0.05, 0) is 48.4 Å². The molecule has 1 N–H and O–H groups in total. The van der Waals surface area contributed by atoms with Crippen molar-refractivity contribution in [2.24, 2.45) is 0 Å². The number of rotatable bonds is 6. The number of carbonyl (C=O) groups is 1. The van der Waals surface area contributed by atoms with Gasteiger partial charge in [0.1, 0.15) is 12.4 Å². The molecule has 1 amide bonds. The van der Waals surface area contributed by atoms with Crippen LogP contribution in [-0.4, -0.2) is 10.8 Å². The first-order chi connectivity index (χ1) is 13.8. The molecular weight excluding hydrogens is 382 g/mol. The number of nitro benzene ring substituents is 1. The SMILES string of the molecule is Cc1cc([N+](=O)[O-])ccc1C(=O)Nc1ccc(OCc2cccc(F)c2)c(F)c1. The van der Waals surface area contributed by atoms with Crippen LogP contribution in [0, 0.1) is 28.7 Å². The lowest BCUT2D eigenvalue weighted by molar-refractivity contribution is -0.384. The summed E-state index contributed by atoms with van der Waals surface area (Å²) < 4.78 is 32.8. The Morgan fingerprint density at radius 1 is 1.10 bits per heavy atom. The number of non-ortho nitro benzene ring substituents is 1. The molecule has 0 atom stereocenters. The van der Waals surface area contributed by atoms with Crippen molar-refractivity contribution in [1.29, 1.82) is 0 Å². The molecule has 3 aromatic rings. The Bertz CT molecular complexity index is 1090. The normalized spacial score (nSPS) is 10.4. The molecule has 0 heterocycles. The zero-order chi connectivity index (χ0) is 21.0. The largest absolute Gasteiger partial charge is 0.486 e. The summed E-state index contributed by atoms with van der Waals surface area (Å²) in [6.45, 7) is 1.56. The van der Waals surface area contributed by atoms with Gasteiger partial charge in [-0.25, -0.2) is 8.78 Å². The van der Waals surface area contributed by atoms with Crippen molar-refractivity contribution in [3.05, 3.63) is 99.1 Å². The molecule has 3 aromatic carbocycles. The van der Waals surface area contributed by atoms with Crippen molar-refractivity contribution in [3.63, 3.8) is 0 Å². The molecule has 0 unspecified atom stereocenters. The van der Waals surface area contributed by atoms with Gasteiger partial charge in [-0.1, -0.05) is 12.1 Å². The summed E-state index contributed by atoms with van der Waals surface area (Å²) in [5.41, 5.74) is 1.29. The van der Waals surface area contributed by atoms with Gasteiger partial charge in [0.05, 0.1) is 4.92 Å². The lowest BCUT2D eigenvalue weighted by Crippen LogP contribution is -2.13. The van der Waals surface area contributed by atoms with E-state index in [1.807, 2.05) is 0 Å². The first-order valence-electron chi connectivity index (χ1n) is 8.56. The van der Waals surface area contributed by atoms with Crippen molar-refractivity contribution in [3.8, 4) is 5.75 Å². The van der Waals surface area contributed by atoms with Crippen LogP contribution in [0.1, 0.15) is 21.5 Å². The molecule has 3 rings (SSSR count). The topological polar surface area (TPSA) is 81.5 Å². The fraction of sp³-hybridized carbons (Fsp3) is 0.0952. The Hall–Kier alpha value is -3.81. The molecule has 0 saturated carbocycles. The highest BCUT2D eigenvalue weighted by Crippen LogP contribution is 2.24. The van der Waals surface area contributed by atoms with E-state index in [4.69, 9.17) is 4.74 Å². The lowest BCUT2D eigenvalue weighted by Gasteiger charge is -2.11. The van der Waals surface area contributed by atoms with Crippen LogP contribution in [0.25, 0.3) is 0 Å². The number of benzene rings is 3. The van der Waals surface area contributed by atoms with Crippen LogP contribution in [0.5, 0.6) is 5.75 Å². The first kappa shape index (κ1) is 19.9. The molecule has 0 bridgehead atoms. The second-order valence-corrected chi connectivity index (χ2v) is 6.27. The van der Waals surface area contributed by atoms with Crippen LogP contribution in [0.4, 0.5) is 20.2 Å². The number of aryl methyl sites for hydroxylation is 1. The molecule has 0 aliphatic rings. The number of hydrogen-bond donors (Lipinski definition) is 1. The molecule has 29 heavy (non-hydrogen) atoms. The molecule has 0 aliphatic carbocycles. The van der Waals surface area contributed by atoms with Crippen molar-refractivity contribution in [2.45, 2.75) is 13.5 Å². The second-order valence-electron chi connectivity index (χ2n) is 6.27. The number of halogens is 2. The number of nitro groups is 1. The smallest absolute Gasteiger partial charge is 0.269 e.